The van der Waals surface area contributed by atoms with Crippen LogP contribution >= 0.6 is 0 Å². The van der Waals surface area contributed by atoms with E-state index in [1.807, 2.05) is 0 Å². The number of H-pyrrole nitrogens is 1. The normalized spacial score (nSPS) is 10.6. The number of nitrogens with one attached hydrogen (secondary N) is 1. The third-order valence-electron chi connectivity index (χ3n) is 2.39. The van der Waals surface area contributed by atoms with E-state index in [1.54, 1.807) is 12.1 Å². The van der Waals surface area contributed by atoms with Crippen molar-refractivity contribution in [3.8, 4) is 11.3 Å². The van der Waals surface area contributed by atoms with Crippen LogP contribution in [-0.2, 0) is 6.42 Å². The molecule has 0 fully saturated rings. The Kier molecular flexibility index (Phi) is 2.87. The highest BCUT2D eigenvalue weighted by molar-refractivity contribution is 5.67. The molecule has 1 aromatic carbocycles. The van der Waals surface area contributed by atoms with Gasteiger partial charge in [0, 0.05) is 24.2 Å². The van der Waals surface area contributed by atoms with E-state index in [1.165, 1.54) is 12.1 Å². The highest BCUT2D eigenvalue weighted by Gasteiger charge is 2.11. The zero-order chi connectivity index (χ0) is 11.5. The first-order chi connectivity index (χ1) is 7.72. The van der Waals surface area contributed by atoms with Crippen molar-refractivity contribution < 1.29 is 9.50 Å². The number of halogens is 1. The molecular formula is C11H12FN3O. The predicted molar refractivity (Wildman–Crippen MR) is 59.2 cm³/mol. The van der Waals surface area contributed by atoms with Crippen molar-refractivity contribution in [2.24, 2.45) is 0 Å². The summed E-state index contributed by atoms with van der Waals surface area (Å²) in [5.41, 5.74) is 7.95. The second kappa shape index (κ2) is 4.32. The Balaban J connectivity index is 2.43. The Hall–Kier alpha value is -1.88. The standard InChI is InChI=1S/C11H12FN3O/c12-8-3-1-7(2-4-8)10-9(5-6-16)11(13)15-14-10/h1-4,16H,5-6H2,(H3,13,14,15). The van der Waals surface area contributed by atoms with E-state index in [9.17, 15) is 4.39 Å². The van der Waals surface area contributed by atoms with Crippen LogP contribution in [-0.4, -0.2) is 21.9 Å². The van der Waals surface area contributed by atoms with Gasteiger partial charge in [0.1, 0.15) is 11.6 Å². The summed E-state index contributed by atoms with van der Waals surface area (Å²) in [7, 11) is 0. The van der Waals surface area contributed by atoms with Crippen LogP contribution in [0.4, 0.5) is 10.2 Å². The highest BCUT2D eigenvalue weighted by atomic mass is 19.1. The molecule has 0 aliphatic heterocycles. The summed E-state index contributed by atoms with van der Waals surface area (Å²) in [5.74, 6) is 0.0771. The van der Waals surface area contributed by atoms with E-state index in [0.717, 1.165) is 16.8 Å². The van der Waals surface area contributed by atoms with Crippen molar-refractivity contribution in [3.63, 3.8) is 0 Å². The predicted octanol–water partition coefficient (Wildman–Crippen LogP) is 1.33. The molecule has 16 heavy (non-hydrogen) atoms. The maximum Gasteiger partial charge on any atom is 0.149 e. The van der Waals surface area contributed by atoms with Gasteiger partial charge in [-0.05, 0) is 24.3 Å². The number of rotatable bonds is 3. The summed E-state index contributed by atoms with van der Waals surface area (Å²) in [6.45, 7) is -0.00206. The molecule has 0 amide bonds. The largest absolute Gasteiger partial charge is 0.396 e. The molecule has 0 atom stereocenters. The molecule has 1 aromatic heterocycles. The van der Waals surface area contributed by atoms with Crippen LogP contribution in [0.15, 0.2) is 24.3 Å². The number of hydrogen-bond donors (Lipinski definition) is 3. The van der Waals surface area contributed by atoms with E-state index in [-0.39, 0.29) is 12.4 Å². The summed E-state index contributed by atoms with van der Waals surface area (Å²) < 4.78 is 12.8. The van der Waals surface area contributed by atoms with Gasteiger partial charge >= 0.3 is 0 Å². The van der Waals surface area contributed by atoms with E-state index in [0.29, 0.717) is 12.2 Å². The molecule has 5 heteroatoms. The average Bonchev–Trinajstić information content (AvgIpc) is 2.63. The monoisotopic (exact) mass is 221 g/mol. The van der Waals surface area contributed by atoms with Crippen LogP contribution in [0.3, 0.4) is 0 Å². The van der Waals surface area contributed by atoms with Gasteiger partial charge in [-0.25, -0.2) is 4.39 Å². The highest BCUT2D eigenvalue weighted by Crippen LogP contribution is 2.25. The zero-order valence-electron chi connectivity index (χ0n) is 8.57. The van der Waals surface area contributed by atoms with Crippen molar-refractivity contribution in [1.82, 2.24) is 10.2 Å². The molecule has 4 nitrogen and oxygen atoms in total. The molecule has 0 saturated carbocycles. The van der Waals surface area contributed by atoms with Crippen molar-refractivity contribution in [3.05, 3.63) is 35.6 Å². The van der Waals surface area contributed by atoms with Crippen LogP contribution < -0.4 is 5.73 Å². The summed E-state index contributed by atoms with van der Waals surface area (Å²) in [4.78, 5) is 0. The van der Waals surface area contributed by atoms with Gasteiger partial charge in [0.2, 0.25) is 0 Å². The molecule has 2 rings (SSSR count). The fourth-order valence-electron chi connectivity index (χ4n) is 1.60. The van der Waals surface area contributed by atoms with Crippen LogP contribution in [0.25, 0.3) is 11.3 Å². The van der Waals surface area contributed by atoms with Gasteiger partial charge in [0.05, 0.1) is 5.69 Å². The molecule has 0 spiro atoms. The summed E-state index contributed by atoms with van der Waals surface area (Å²) in [5, 5.41) is 15.6. The Bertz CT molecular complexity index is 478. The molecule has 2 aromatic rings. The minimum absolute atomic E-state index is 0.00206. The molecule has 0 aliphatic carbocycles. The maximum atomic E-state index is 12.8. The van der Waals surface area contributed by atoms with Gasteiger partial charge < -0.3 is 10.8 Å². The first-order valence-electron chi connectivity index (χ1n) is 4.92. The van der Waals surface area contributed by atoms with Gasteiger partial charge in [0.25, 0.3) is 0 Å². The van der Waals surface area contributed by atoms with E-state index in [2.05, 4.69) is 10.2 Å². The van der Waals surface area contributed by atoms with Gasteiger partial charge in [-0.1, -0.05) is 0 Å². The van der Waals surface area contributed by atoms with Crippen molar-refractivity contribution >= 4 is 5.82 Å². The lowest BCUT2D eigenvalue weighted by molar-refractivity contribution is 0.300. The van der Waals surface area contributed by atoms with Crippen LogP contribution in [0.5, 0.6) is 0 Å². The second-order valence-electron chi connectivity index (χ2n) is 3.44. The molecule has 0 unspecified atom stereocenters. The number of aromatic nitrogens is 2. The van der Waals surface area contributed by atoms with E-state index < -0.39 is 0 Å². The number of aliphatic hydroxyl groups excluding tert-OH is 1. The van der Waals surface area contributed by atoms with Crippen molar-refractivity contribution in [2.45, 2.75) is 6.42 Å². The number of aliphatic hydroxyl groups is 1. The fourth-order valence-corrected chi connectivity index (χ4v) is 1.60. The minimum atomic E-state index is -0.292. The Morgan fingerprint density at radius 2 is 2.00 bits per heavy atom. The molecule has 4 N–H and O–H groups in total. The molecule has 0 bridgehead atoms. The third kappa shape index (κ3) is 1.90. The summed E-state index contributed by atoms with van der Waals surface area (Å²) in [6.07, 6.45) is 0.426. The second-order valence-corrected chi connectivity index (χ2v) is 3.44. The van der Waals surface area contributed by atoms with Crippen molar-refractivity contribution in [2.75, 3.05) is 12.3 Å². The fraction of sp³-hybridized carbons (Fsp3) is 0.182. The topological polar surface area (TPSA) is 74.9 Å². The first kappa shape index (κ1) is 10.6. The number of aromatic amines is 1. The SMILES string of the molecule is Nc1n[nH]c(-c2ccc(F)cc2)c1CCO. The van der Waals surface area contributed by atoms with Gasteiger partial charge in [0.15, 0.2) is 0 Å². The number of benzene rings is 1. The minimum Gasteiger partial charge on any atom is -0.396 e. The maximum absolute atomic E-state index is 12.8. The van der Waals surface area contributed by atoms with Gasteiger partial charge in [-0.15, -0.1) is 0 Å². The molecular weight excluding hydrogens is 209 g/mol. The summed E-state index contributed by atoms with van der Waals surface area (Å²) >= 11 is 0. The van der Waals surface area contributed by atoms with Gasteiger partial charge in [-0.3, -0.25) is 5.10 Å². The van der Waals surface area contributed by atoms with E-state index >= 15 is 0 Å². The molecule has 0 aliphatic rings. The number of hydrogen-bond acceptors (Lipinski definition) is 3. The molecule has 0 saturated heterocycles. The lowest BCUT2D eigenvalue weighted by Crippen LogP contribution is -1.96. The van der Waals surface area contributed by atoms with Crippen LogP contribution in [0, 0.1) is 5.82 Å². The number of nitrogen functional groups attached to an aromatic ring is 1. The number of nitrogens with zero attached hydrogens (tertiary/aromatic N) is 1. The van der Waals surface area contributed by atoms with Gasteiger partial charge in [-0.2, -0.15) is 5.10 Å². The number of anilines is 1. The average molecular weight is 221 g/mol. The molecule has 1 heterocycles. The smallest absolute Gasteiger partial charge is 0.149 e. The number of nitrogens with two attached hydrogens (primary N) is 1. The Morgan fingerprint density at radius 1 is 1.31 bits per heavy atom. The Morgan fingerprint density at radius 3 is 2.62 bits per heavy atom. The summed E-state index contributed by atoms with van der Waals surface area (Å²) in [6, 6.07) is 6.02. The quantitative estimate of drug-likeness (QED) is 0.732. The zero-order valence-corrected chi connectivity index (χ0v) is 8.57. The first-order valence-corrected chi connectivity index (χ1v) is 4.92. The third-order valence-corrected chi connectivity index (χ3v) is 2.39. The van der Waals surface area contributed by atoms with Crippen molar-refractivity contribution in [1.29, 1.82) is 0 Å². The molecule has 0 radical (unpaired) electrons. The van der Waals surface area contributed by atoms with E-state index in [4.69, 9.17) is 10.8 Å². The lowest BCUT2D eigenvalue weighted by Gasteiger charge is -2.02. The Labute approximate surface area is 91.9 Å². The van der Waals surface area contributed by atoms with Crippen LogP contribution in [0.2, 0.25) is 0 Å². The van der Waals surface area contributed by atoms with Crippen LogP contribution in [0.1, 0.15) is 5.56 Å². The lowest BCUT2D eigenvalue weighted by atomic mass is 10.1. The molecule has 84 valence electrons.